The molecule has 0 bridgehead atoms. The average Bonchev–Trinajstić information content (AvgIpc) is 3.66. The SMILES string of the molecule is CN1CCCC1COc1nc2c(F)c(-c3cccc4cccc(Cl)c34)c(Cl)cc2c2c1cnn2C1CCN(C(=O)OC(C)(C)C)CC1. The van der Waals surface area contributed by atoms with E-state index in [2.05, 4.69) is 11.9 Å². The van der Waals surface area contributed by atoms with Crippen LogP contribution in [0, 0.1) is 5.82 Å². The summed E-state index contributed by atoms with van der Waals surface area (Å²) in [5.41, 5.74) is 1.13. The van der Waals surface area contributed by atoms with Crippen LogP contribution in [0.15, 0.2) is 48.7 Å². The number of hydrogen-bond donors (Lipinski definition) is 0. The zero-order valence-electron chi connectivity index (χ0n) is 27.0. The largest absolute Gasteiger partial charge is 0.475 e. The monoisotopic (exact) mass is 677 g/mol. The summed E-state index contributed by atoms with van der Waals surface area (Å²) in [5, 5.41) is 8.43. The summed E-state index contributed by atoms with van der Waals surface area (Å²) in [4.78, 5) is 21.6. The van der Waals surface area contributed by atoms with Gasteiger partial charge in [-0.05, 0) is 83.1 Å². The number of ether oxygens (including phenoxy) is 2. The number of rotatable bonds is 5. The van der Waals surface area contributed by atoms with Crippen molar-refractivity contribution in [1.82, 2.24) is 24.6 Å². The number of nitrogens with zero attached hydrogens (tertiary/aromatic N) is 5. The van der Waals surface area contributed by atoms with Crippen LogP contribution in [0.5, 0.6) is 5.88 Å². The smallest absolute Gasteiger partial charge is 0.410 e. The van der Waals surface area contributed by atoms with Crippen LogP contribution in [-0.2, 0) is 4.74 Å². The summed E-state index contributed by atoms with van der Waals surface area (Å²) < 4.78 is 30.9. The molecule has 2 aliphatic rings. The van der Waals surface area contributed by atoms with Crippen LogP contribution < -0.4 is 4.74 Å². The number of fused-ring (bicyclic) bond motifs is 4. The van der Waals surface area contributed by atoms with Gasteiger partial charge in [-0.2, -0.15) is 5.10 Å². The van der Waals surface area contributed by atoms with Crippen molar-refractivity contribution in [3.63, 3.8) is 0 Å². The molecule has 3 aromatic carbocycles. The Morgan fingerprint density at radius 3 is 2.47 bits per heavy atom. The average molecular weight is 679 g/mol. The van der Waals surface area contributed by atoms with E-state index >= 15 is 4.39 Å². The van der Waals surface area contributed by atoms with E-state index in [0.717, 1.165) is 30.2 Å². The van der Waals surface area contributed by atoms with Gasteiger partial charge in [-0.25, -0.2) is 14.2 Å². The van der Waals surface area contributed by atoms with Crippen molar-refractivity contribution < 1.29 is 18.7 Å². The number of likely N-dealkylation sites (N-methyl/N-ethyl adjacent to an activating group) is 1. The standard InChI is InChI=1S/C36H38Cl2FN5O3/c1-36(2,3)47-35(45)43-16-13-22(14-17-43)44-33-25-18-28(38)30(24-11-5-8-21-9-6-12-27(37)29(21)24)31(39)32(25)41-34(26(33)19-40-44)46-20-23-10-7-15-42(23)4/h5-6,8-9,11-12,18-19,22-23H,7,10,13-17,20H2,1-4H3. The summed E-state index contributed by atoms with van der Waals surface area (Å²) in [7, 11) is 2.09. The van der Waals surface area contributed by atoms with Gasteiger partial charge in [0.05, 0.1) is 28.2 Å². The number of pyridine rings is 1. The summed E-state index contributed by atoms with van der Waals surface area (Å²) in [6, 6.07) is 13.2. The molecule has 1 atom stereocenters. The molecule has 246 valence electrons. The second-order valence-electron chi connectivity index (χ2n) is 13.6. The van der Waals surface area contributed by atoms with Crippen LogP contribution >= 0.6 is 23.2 Å². The lowest BCUT2D eigenvalue weighted by molar-refractivity contribution is 0.0186. The van der Waals surface area contributed by atoms with Gasteiger partial charge < -0.3 is 19.3 Å². The molecule has 0 radical (unpaired) electrons. The molecular formula is C36H38Cl2FN5O3. The lowest BCUT2D eigenvalue weighted by Crippen LogP contribution is -2.42. The van der Waals surface area contributed by atoms with E-state index in [1.807, 2.05) is 55.8 Å². The Labute approximate surface area is 283 Å². The lowest BCUT2D eigenvalue weighted by atomic mass is 9.96. The Morgan fingerprint density at radius 1 is 1.02 bits per heavy atom. The van der Waals surface area contributed by atoms with Crippen molar-refractivity contribution in [2.24, 2.45) is 0 Å². The van der Waals surface area contributed by atoms with Crippen LogP contribution in [0.3, 0.4) is 0 Å². The molecule has 2 saturated heterocycles. The number of carbonyl (C=O) groups is 1. The Bertz CT molecular complexity index is 2000. The van der Waals surface area contributed by atoms with Gasteiger partial charge in [-0.15, -0.1) is 0 Å². The third kappa shape index (κ3) is 5.98. The second-order valence-corrected chi connectivity index (χ2v) is 14.5. The first-order chi connectivity index (χ1) is 22.5. The van der Waals surface area contributed by atoms with Crippen LogP contribution in [0.2, 0.25) is 10.0 Å². The minimum Gasteiger partial charge on any atom is -0.475 e. The zero-order chi connectivity index (χ0) is 33.0. The molecule has 1 unspecified atom stereocenters. The van der Waals surface area contributed by atoms with Crippen molar-refractivity contribution in [3.8, 4) is 17.0 Å². The maximum absolute atomic E-state index is 17.0. The maximum atomic E-state index is 17.0. The molecule has 7 rings (SSSR count). The molecule has 11 heteroatoms. The highest BCUT2D eigenvalue weighted by atomic mass is 35.5. The predicted molar refractivity (Wildman–Crippen MR) is 185 cm³/mol. The second kappa shape index (κ2) is 12.4. The summed E-state index contributed by atoms with van der Waals surface area (Å²) in [6.45, 7) is 8.07. The summed E-state index contributed by atoms with van der Waals surface area (Å²) in [6.07, 6.45) is 4.88. The quantitative estimate of drug-likeness (QED) is 0.185. The highest BCUT2D eigenvalue weighted by Crippen LogP contribution is 2.44. The number of amides is 1. The summed E-state index contributed by atoms with van der Waals surface area (Å²) in [5.74, 6) is -0.203. The maximum Gasteiger partial charge on any atom is 0.410 e. The molecule has 0 saturated carbocycles. The Kier molecular flexibility index (Phi) is 8.43. The third-order valence-corrected chi connectivity index (χ3v) is 9.97. The first kappa shape index (κ1) is 31.9. The van der Waals surface area contributed by atoms with Gasteiger partial charge in [-0.1, -0.05) is 53.5 Å². The molecule has 0 N–H and O–H groups in total. The number of likely N-dealkylation sites (tertiary alicyclic amines) is 2. The Hall–Kier alpha value is -3.66. The fraction of sp³-hybridized carbons (Fsp3) is 0.417. The molecule has 0 spiro atoms. The molecule has 47 heavy (non-hydrogen) atoms. The Balaban J connectivity index is 1.34. The Morgan fingerprint density at radius 2 is 1.77 bits per heavy atom. The minimum absolute atomic E-state index is 0.0380. The van der Waals surface area contributed by atoms with E-state index in [1.54, 1.807) is 23.2 Å². The van der Waals surface area contributed by atoms with Crippen LogP contribution in [0.1, 0.15) is 52.5 Å². The zero-order valence-corrected chi connectivity index (χ0v) is 28.5. The van der Waals surface area contributed by atoms with Crippen molar-refractivity contribution in [2.45, 2.75) is 64.1 Å². The molecule has 2 aliphatic heterocycles. The number of halogens is 3. The highest BCUT2D eigenvalue weighted by Gasteiger charge is 2.31. The van der Waals surface area contributed by atoms with Crippen LogP contribution in [0.4, 0.5) is 9.18 Å². The molecule has 4 heterocycles. The van der Waals surface area contributed by atoms with E-state index < -0.39 is 11.4 Å². The molecule has 5 aromatic rings. The summed E-state index contributed by atoms with van der Waals surface area (Å²) >= 11 is 13.6. The van der Waals surface area contributed by atoms with Crippen molar-refractivity contribution in [2.75, 3.05) is 33.3 Å². The van der Waals surface area contributed by atoms with Crippen molar-refractivity contribution >= 4 is 61.9 Å². The first-order valence-electron chi connectivity index (χ1n) is 16.2. The van der Waals surface area contributed by atoms with Crippen LogP contribution in [0.25, 0.3) is 43.7 Å². The van der Waals surface area contributed by atoms with Gasteiger partial charge in [-0.3, -0.25) is 4.68 Å². The van der Waals surface area contributed by atoms with Crippen LogP contribution in [-0.4, -0.2) is 75.6 Å². The number of hydrogen-bond acceptors (Lipinski definition) is 6. The fourth-order valence-corrected chi connectivity index (χ4v) is 7.55. The topological polar surface area (TPSA) is 72.7 Å². The van der Waals surface area contributed by atoms with E-state index in [0.29, 0.717) is 65.3 Å². The first-order valence-corrected chi connectivity index (χ1v) is 16.9. The molecule has 1 amide bonds. The predicted octanol–water partition coefficient (Wildman–Crippen LogP) is 8.90. The minimum atomic E-state index is -0.568. The van der Waals surface area contributed by atoms with Crippen molar-refractivity contribution in [1.29, 1.82) is 0 Å². The third-order valence-electron chi connectivity index (χ3n) is 9.36. The van der Waals surface area contributed by atoms with E-state index in [9.17, 15) is 4.79 Å². The van der Waals surface area contributed by atoms with Gasteiger partial charge in [0.2, 0.25) is 5.88 Å². The number of carbonyl (C=O) groups excluding carboxylic acids is 1. The number of benzene rings is 3. The number of aromatic nitrogens is 3. The van der Waals surface area contributed by atoms with Gasteiger partial charge >= 0.3 is 6.09 Å². The fourth-order valence-electron chi connectivity index (χ4n) is 6.97. The van der Waals surface area contributed by atoms with Gasteiger partial charge in [0.15, 0.2) is 5.82 Å². The molecular weight excluding hydrogens is 640 g/mol. The molecule has 2 aromatic heterocycles. The van der Waals surface area contributed by atoms with E-state index in [4.69, 9.17) is 42.8 Å². The highest BCUT2D eigenvalue weighted by molar-refractivity contribution is 6.38. The molecule has 0 aliphatic carbocycles. The number of piperidine rings is 1. The molecule has 8 nitrogen and oxygen atoms in total. The van der Waals surface area contributed by atoms with Gasteiger partial charge in [0, 0.05) is 40.5 Å². The van der Waals surface area contributed by atoms with Gasteiger partial charge in [0.1, 0.15) is 17.7 Å². The normalized spacial score (nSPS) is 18.1. The lowest BCUT2D eigenvalue weighted by Gasteiger charge is -2.33. The van der Waals surface area contributed by atoms with Crippen molar-refractivity contribution in [3.05, 3.63) is 64.5 Å². The van der Waals surface area contributed by atoms with Gasteiger partial charge in [0.25, 0.3) is 0 Å². The van der Waals surface area contributed by atoms with E-state index in [-0.39, 0.29) is 34.3 Å². The molecule has 2 fully saturated rings. The van der Waals surface area contributed by atoms with E-state index in [1.165, 1.54) is 0 Å².